The number of pyridine rings is 1. The summed E-state index contributed by atoms with van der Waals surface area (Å²) < 4.78 is 10.9. The Hall–Kier alpha value is -1.23. The molecule has 4 atom stereocenters. The van der Waals surface area contributed by atoms with Crippen LogP contribution >= 0.6 is 11.8 Å². The molecule has 0 aromatic carbocycles. The lowest BCUT2D eigenvalue weighted by Crippen LogP contribution is -2.53. The van der Waals surface area contributed by atoms with Crippen molar-refractivity contribution >= 4 is 17.7 Å². The number of hydrogen-bond donors (Lipinski definition) is 4. The van der Waals surface area contributed by atoms with Gasteiger partial charge in [-0.2, -0.15) is 0 Å². The summed E-state index contributed by atoms with van der Waals surface area (Å²) in [5, 5.41) is 15.4. The van der Waals surface area contributed by atoms with Gasteiger partial charge in [-0.1, -0.05) is 32.6 Å². The van der Waals surface area contributed by atoms with Crippen molar-refractivity contribution in [3.8, 4) is 0 Å². The van der Waals surface area contributed by atoms with E-state index in [2.05, 4.69) is 40.3 Å². The van der Waals surface area contributed by atoms with Crippen molar-refractivity contribution in [3.05, 3.63) is 23.5 Å². The second-order valence-electron chi connectivity index (χ2n) is 11.6. The van der Waals surface area contributed by atoms with Gasteiger partial charge in [0.15, 0.2) is 0 Å². The topological polar surface area (TPSA) is 96.5 Å². The molecule has 1 aliphatic heterocycles. The summed E-state index contributed by atoms with van der Waals surface area (Å²) in [4.78, 5) is 18.3. The summed E-state index contributed by atoms with van der Waals surface area (Å²) in [5.74, 6) is 0.797. The van der Waals surface area contributed by atoms with Gasteiger partial charge >= 0.3 is 5.97 Å². The molecule has 0 unspecified atom stereocenters. The number of nitrogens with one attached hydrogen (secondary N) is 4. The molecule has 1 aromatic heterocycles. The number of thioether (sulfide) groups is 1. The SMILES string of the molecule is CCCOCCCC(=O)OCCCSc1cc2nc(c1)CN[C@@H]1CCCC[C@H]1NCCN[C@@H]1CCCC[C@H]1NC2. The molecule has 9 heteroatoms. The predicted molar refractivity (Wildman–Crippen MR) is 163 cm³/mol. The van der Waals surface area contributed by atoms with Crippen LogP contribution in [0.3, 0.4) is 0 Å². The summed E-state index contributed by atoms with van der Waals surface area (Å²) in [6.07, 6.45) is 13.2. The number of aromatic nitrogens is 1. The number of hydrogen-bond acceptors (Lipinski definition) is 9. The first kappa shape index (κ1) is 31.7. The van der Waals surface area contributed by atoms with E-state index >= 15 is 0 Å². The smallest absolute Gasteiger partial charge is 0.305 e. The molecule has 4 N–H and O–H groups in total. The van der Waals surface area contributed by atoms with Crippen LogP contribution in [0, 0.1) is 0 Å². The highest BCUT2D eigenvalue weighted by atomic mass is 32.2. The van der Waals surface area contributed by atoms with Gasteiger partial charge in [-0.05, 0) is 57.1 Å². The summed E-state index contributed by atoms with van der Waals surface area (Å²) in [6.45, 7) is 7.61. The molecule has 8 nitrogen and oxygen atoms in total. The fourth-order valence-corrected chi connectivity index (χ4v) is 7.12. The largest absolute Gasteiger partial charge is 0.466 e. The van der Waals surface area contributed by atoms with Crippen molar-refractivity contribution in [2.75, 3.05) is 38.7 Å². The fourth-order valence-electron chi connectivity index (χ4n) is 6.18. The molecule has 2 heterocycles. The highest BCUT2D eigenvalue weighted by Crippen LogP contribution is 2.24. The first-order chi connectivity index (χ1) is 19.7. The molecule has 2 aliphatic carbocycles. The van der Waals surface area contributed by atoms with Gasteiger partial charge in [0.2, 0.25) is 0 Å². The summed E-state index contributed by atoms with van der Waals surface area (Å²) >= 11 is 1.84. The van der Waals surface area contributed by atoms with E-state index in [1.807, 2.05) is 11.8 Å². The Morgan fingerprint density at radius 3 is 1.98 bits per heavy atom. The lowest BCUT2D eigenvalue weighted by Gasteiger charge is -2.34. The second kappa shape index (κ2) is 18.3. The van der Waals surface area contributed by atoms with Crippen LogP contribution < -0.4 is 21.3 Å². The van der Waals surface area contributed by atoms with Gasteiger partial charge in [-0.15, -0.1) is 11.8 Å². The van der Waals surface area contributed by atoms with E-state index in [0.717, 1.165) is 69.2 Å². The Balaban J connectivity index is 1.31. The minimum absolute atomic E-state index is 0.120. The number of nitrogens with zero attached hydrogens (tertiary/aromatic N) is 1. The number of fused-ring (bicyclic) bond motifs is 4. The average Bonchev–Trinajstić information content (AvgIpc) is 2.98. The van der Waals surface area contributed by atoms with Crippen molar-refractivity contribution in [1.29, 1.82) is 0 Å². The van der Waals surface area contributed by atoms with E-state index in [-0.39, 0.29) is 5.97 Å². The van der Waals surface area contributed by atoms with E-state index < -0.39 is 0 Å². The molecule has 3 aliphatic rings. The fraction of sp³-hybridized carbons (Fsp3) is 0.806. The number of esters is 1. The zero-order chi connectivity index (χ0) is 27.8. The second-order valence-corrected chi connectivity index (χ2v) is 12.8. The molecule has 2 bridgehead atoms. The Kier molecular flexibility index (Phi) is 14.5. The lowest BCUT2D eigenvalue weighted by molar-refractivity contribution is -0.144. The van der Waals surface area contributed by atoms with Crippen LogP contribution in [0.15, 0.2) is 17.0 Å². The van der Waals surface area contributed by atoms with Crippen molar-refractivity contribution in [3.63, 3.8) is 0 Å². The number of carbonyl (C=O) groups is 1. The maximum Gasteiger partial charge on any atom is 0.305 e. The molecule has 40 heavy (non-hydrogen) atoms. The van der Waals surface area contributed by atoms with Gasteiger partial charge in [0.1, 0.15) is 0 Å². The molecule has 0 radical (unpaired) electrons. The molecule has 226 valence electrons. The van der Waals surface area contributed by atoms with Gasteiger partial charge in [-0.25, -0.2) is 0 Å². The van der Waals surface area contributed by atoms with Gasteiger partial charge in [-0.3, -0.25) is 9.78 Å². The highest BCUT2D eigenvalue weighted by Gasteiger charge is 2.27. The maximum absolute atomic E-state index is 12.0. The molecule has 0 spiro atoms. The third kappa shape index (κ3) is 11.2. The standard InChI is InChI=1S/C31H53N5O3S/c1-2-16-38-17-7-13-31(37)39-18-8-19-40-26-20-24-22-34-29-11-5-3-9-27(29)32-14-15-33-28-10-4-6-12-30(28)35-23-25(21-26)36-24/h20-21,27-30,32-35H,2-19,22-23H2,1H3/t27-,28-,29-,30-/m1/s1. The summed E-state index contributed by atoms with van der Waals surface area (Å²) in [7, 11) is 0. The van der Waals surface area contributed by atoms with Crippen LogP contribution in [-0.4, -0.2) is 73.8 Å². The number of ether oxygens (including phenoxy) is 2. The molecule has 0 amide bonds. The average molecular weight is 576 g/mol. The monoisotopic (exact) mass is 575 g/mol. The van der Waals surface area contributed by atoms with Crippen LogP contribution in [0.4, 0.5) is 0 Å². The zero-order valence-corrected chi connectivity index (χ0v) is 25.5. The predicted octanol–water partition coefficient (Wildman–Crippen LogP) is 4.31. The van der Waals surface area contributed by atoms with Gasteiger partial charge in [0, 0.05) is 80.6 Å². The Labute approximate surface area is 246 Å². The molecule has 2 saturated carbocycles. The summed E-state index contributed by atoms with van der Waals surface area (Å²) in [5.41, 5.74) is 2.24. The minimum atomic E-state index is -0.120. The molecular formula is C31H53N5O3S. The van der Waals surface area contributed by atoms with Crippen LogP contribution in [0.2, 0.25) is 0 Å². The van der Waals surface area contributed by atoms with E-state index in [0.29, 0.717) is 43.8 Å². The molecule has 2 fully saturated rings. The molecular weight excluding hydrogens is 522 g/mol. The Bertz CT molecular complexity index is 827. The van der Waals surface area contributed by atoms with Crippen molar-refractivity contribution in [2.24, 2.45) is 0 Å². The zero-order valence-electron chi connectivity index (χ0n) is 24.7. The van der Waals surface area contributed by atoms with Gasteiger partial charge in [0.25, 0.3) is 0 Å². The van der Waals surface area contributed by atoms with Gasteiger partial charge < -0.3 is 30.7 Å². The van der Waals surface area contributed by atoms with Crippen LogP contribution in [0.5, 0.6) is 0 Å². The number of carbonyl (C=O) groups excluding carboxylic acids is 1. The minimum Gasteiger partial charge on any atom is -0.466 e. The number of rotatable bonds is 11. The third-order valence-corrected chi connectivity index (χ3v) is 9.37. The molecule has 0 saturated heterocycles. The van der Waals surface area contributed by atoms with Gasteiger partial charge in [0.05, 0.1) is 18.0 Å². The van der Waals surface area contributed by atoms with Crippen molar-refractivity contribution in [2.45, 2.75) is 126 Å². The Morgan fingerprint density at radius 2 is 1.40 bits per heavy atom. The quantitative estimate of drug-likeness (QED) is 0.175. The maximum atomic E-state index is 12.0. The highest BCUT2D eigenvalue weighted by molar-refractivity contribution is 7.99. The van der Waals surface area contributed by atoms with E-state index in [1.54, 1.807) is 0 Å². The van der Waals surface area contributed by atoms with E-state index in [1.165, 1.54) is 56.3 Å². The summed E-state index contributed by atoms with van der Waals surface area (Å²) in [6, 6.07) is 6.55. The lowest BCUT2D eigenvalue weighted by atomic mass is 9.89. The third-order valence-electron chi connectivity index (χ3n) is 8.30. The molecule has 1 aromatic rings. The van der Waals surface area contributed by atoms with Crippen LogP contribution in [0.25, 0.3) is 0 Å². The van der Waals surface area contributed by atoms with E-state index in [9.17, 15) is 4.79 Å². The van der Waals surface area contributed by atoms with Crippen LogP contribution in [0.1, 0.15) is 95.4 Å². The Morgan fingerprint density at radius 1 is 0.825 bits per heavy atom. The molecule has 4 rings (SSSR count). The van der Waals surface area contributed by atoms with Crippen LogP contribution in [-0.2, 0) is 27.4 Å². The normalized spacial score (nSPS) is 26.1. The van der Waals surface area contributed by atoms with Crippen molar-refractivity contribution in [1.82, 2.24) is 26.3 Å². The first-order valence-electron chi connectivity index (χ1n) is 16.0. The van der Waals surface area contributed by atoms with E-state index in [4.69, 9.17) is 14.5 Å². The van der Waals surface area contributed by atoms with Crippen molar-refractivity contribution < 1.29 is 14.3 Å². The first-order valence-corrected chi connectivity index (χ1v) is 17.0.